The topological polar surface area (TPSA) is 48.5 Å². The van der Waals surface area contributed by atoms with Crippen LogP contribution < -0.4 is 10.2 Å². The van der Waals surface area contributed by atoms with Gasteiger partial charge in [0.1, 0.15) is 5.82 Å². The van der Waals surface area contributed by atoms with Crippen molar-refractivity contribution < 1.29 is 9.18 Å². The molecule has 1 amide bonds. The molecule has 1 aliphatic heterocycles. The molecule has 5 nitrogen and oxygen atoms in total. The Morgan fingerprint density at radius 1 is 1.10 bits per heavy atom. The largest absolute Gasteiger partial charge is 0.369 e. The van der Waals surface area contributed by atoms with E-state index in [9.17, 15) is 9.18 Å². The molecule has 0 bridgehead atoms. The number of nitrogens with zero attached hydrogens (tertiary/aromatic N) is 3. The highest BCUT2D eigenvalue weighted by Crippen LogP contribution is 2.26. The summed E-state index contributed by atoms with van der Waals surface area (Å²) in [5.41, 5.74) is 5.48. The van der Waals surface area contributed by atoms with Gasteiger partial charge in [0.15, 0.2) is 5.13 Å². The minimum absolute atomic E-state index is 0.0600. The normalized spacial score (nSPS) is 14.7. The molecular weight excluding hydrogens is 399 g/mol. The lowest BCUT2D eigenvalue weighted by Crippen LogP contribution is -2.48. The van der Waals surface area contributed by atoms with Crippen molar-refractivity contribution in [2.45, 2.75) is 13.8 Å². The fraction of sp³-hybridized carbons (Fsp3) is 0.304. The lowest BCUT2D eigenvalue weighted by Gasteiger charge is -2.36. The summed E-state index contributed by atoms with van der Waals surface area (Å²) in [6.07, 6.45) is 0. The zero-order chi connectivity index (χ0) is 21.1. The van der Waals surface area contributed by atoms with Gasteiger partial charge in [-0.25, -0.2) is 9.37 Å². The van der Waals surface area contributed by atoms with Crippen molar-refractivity contribution in [3.8, 4) is 11.3 Å². The van der Waals surface area contributed by atoms with Crippen molar-refractivity contribution >= 4 is 28.1 Å². The van der Waals surface area contributed by atoms with Crippen LogP contribution >= 0.6 is 11.3 Å². The number of hydrogen-bond donors (Lipinski definition) is 1. The Morgan fingerprint density at radius 2 is 1.83 bits per heavy atom. The number of carbonyl (C=O) groups is 1. The number of nitrogens with one attached hydrogen (secondary N) is 1. The second-order valence-corrected chi connectivity index (χ2v) is 8.43. The summed E-state index contributed by atoms with van der Waals surface area (Å²) >= 11 is 1.38. The van der Waals surface area contributed by atoms with Crippen LogP contribution in [-0.4, -0.2) is 48.5 Å². The first-order valence-electron chi connectivity index (χ1n) is 10.0. The number of aromatic nitrogens is 1. The Hall–Kier alpha value is -2.77. The molecule has 2 heterocycles. The van der Waals surface area contributed by atoms with E-state index >= 15 is 0 Å². The number of rotatable bonds is 5. The Balaban J connectivity index is 1.29. The highest BCUT2D eigenvalue weighted by Gasteiger charge is 2.21. The van der Waals surface area contributed by atoms with Crippen molar-refractivity contribution in [1.82, 2.24) is 9.88 Å². The highest BCUT2D eigenvalue weighted by atomic mass is 32.1. The average molecular weight is 425 g/mol. The van der Waals surface area contributed by atoms with E-state index in [0.717, 1.165) is 37.4 Å². The van der Waals surface area contributed by atoms with E-state index in [1.54, 1.807) is 12.1 Å². The van der Waals surface area contributed by atoms with E-state index < -0.39 is 0 Å². The van der Waals surface area contributed by atoms with Crippen LogP contribution in [-0.2, 0) is 4.79 Å². The molecule has 1 aromatic heterocycles. The Morgan fingerprint density at radius 3 is 2.57 bits per heavy atom. The zero-order valence-corrected chi connectivity index (χ0v) is 18.0. The van der Waals surface area contributed by atoms with Crippen LogP contribution in [0.1, 0.15) is 11.1 Å². The second-order valence-electron chi connectivity index (χ2n) is 7.58. The molecule has 7 heteroatoms. The third-order valence-corrected chi connectivity index (χ3v) is 6.30. The molecule has 0 unspecified atom stereocenters. The standard InChI is InChI=1S/C23H25FN4OS/c1-16-4-3-5-21(17(16)2)28-12-10-27(11-13-28)14-22(29)26-23-25-20(15-30-23)18-6-8-19(24)9-7-18/h3-9,15H,10-14H2,1-2H3,(H,25,26,29). The Kier molecular flexibility index (Phi) is 6.11. The number of piperazine rings is 1. The zero-order valence-electron chi connectivity index (χ0n) is 17.2. The second kappa shape index (κ2) is 8.93. The number of aryl methyl sites for hydroxylation is 1. The maximum Gasteiger partial charge on any atom is 0.240 e. The predicted molar refractivity (Wildman–Crippen MR) is 121 cm³/mol. The summed E-state index contributed by atoms with van der Waals surface area (Å²) < 4.78 is 13.1. The van der Waals surface area contributed by atoms with E-state index in [0.29, 0.717) is 11.7 Å². The molecule has 1 saturated heterocycles. The summed E-state index contributed by atoms with van der Waals surface area (Å²) in [5.74, 6) is -0.338. The Bertz CT molecular complexity index is 1030. The summed E-state index contributed by atoms with van der Waals surface area (Å²) in [4.78, 5) is 21.5. The van der Waals surface area contributed by atoms with Crippen molar-refractivity contribution in [3.63, 3.8) is 0 Å². The molecule has 30 heavy (non-hydrogen) atoms. The van der Waals surface area contributed by atoms with Gasteiger partial charge in [-0.3, -0.25) is 9.69 Å². The van der Waals surface area contributed by atoms with Crippen LogP contribution in [0.25, 0.3) is 11.3 Å². The third kappa shape index (κ3) is 4.68. The van der Waals surface area contributed by atoms with E-state index in [4.69, 9.17) is 0 Å². The highest BCUT2D eigenvalue weighted by molar-refractivity contribution is 7.14. The van der Waals surface area contributed by atoms with Gasteiger partial charge in [0.05, 0.1) is 12.2 Å². The molecule has 0 aliphatic carbocycles. The quantitative estimate of drug-likeness (QED) is 0.663. The number of anilines is 2. The van der Waals surface area contributed by atoms with Crippen LogP contribution in [0.5, 0.6) is 0 Å². The van der Waals surface area contributed by atoms with Crippen LogP contribution in [0.4, 0.5) is 15.2 Å². The van der Waals surface area contributed by atoms with Crippen LogP contribution in [0, 0.1) is 19.7 Å². The maximum absolute atomic E-state index is 13.1. The summed E-state index contributed by atoms with van der Waals surface area (Å²) in [5, 5.41) is 5.32. The van der Waals surface area contributed by atoms with Gasteiger partial charge in [0.2, 0.25) is 5.91 Å². The molecule has 0 saturated carbocycles. The lowest BCUT2D eigenvalue weighted by atomic mass is 10.1. The average Bonchev–Trinajstić information content (AvgIpc) is 3.19. The number of amides is 1. The van der Waals surface area contributed by atoms with Crippen molar-refractivity contribution in [1.29, 1.82) is 0 Å². The minimum Gasteiger partial charge on any atom is -0.369 e. The molecule has 0 atom stereocenters. The molecule has 3 aromatic rings. The van der Waals surface area contributed by atoms with Gasteiger partial charge in [-0.05, 0) is 55.3 Å². The molecule has 156 valence electrons. The molecule has 0 radical (unpaired) electrons. The van der Waals surface area contributed by atoms with Crippen LogP contribution in [0.2, 0.25) is 0 Å². The number of thiazole rings is 1. The van der Waals surface area contributed by atoms with Crippen molar-refractivity contribution in [2.75, 3.05) is 42.9 Å². The van der Waals surface area contributed by atoms with Gasteiger partial charge in [0, 0.05) is 42.8 Å². The number of carbonyl (C=O) groups excluding carboxylic acids is 1. The summed E-state index contributed by atoms with van der Waals surface area (Å²) in [6.45, 7) is 8.16. The monoisotopic (exact) mass is 424 g/mol. The van der Waals surface area contributed by atoms with E-state index in [1.165, 1.54) is 40.3 Å². The van der Waals surface area contributed by atoms with Gasteiger partial charge >= 0.3 is 0 Å². The molecular formula is C23H25FN4OS. The first-order valence-corrected chi connectivity index (χ1v) is 10.9. The SMILES string of the molecule is Cc1cccc(N2CCN(CC(=O)Nc3nc(-c4ccc(F)cc4)cs3)CC2)c1C. The van der Waals surface area contributed by atoms with Gasteiger partial charge < -0.3 is 10.2 Å². The van der Waals surface area contributed by atoms with Crippen molar-refractivity contribution in [3.05, 3.63) is 64.8 Å². The smallest absolute Gasteiger partial charge is 0.240 e. The van der Waals surface area contributed by atoms with E-state index in [2.05, 4.69) is 52.1 Å². The number of hydrogen-bond acceptors (Lipinski definition) is 5. The van der Waals surface area contributed by atoms with Gasteiger partial charge in [-0.1, -0.05) is 12.1 Å². The fourth-order valence-electron chi connectivity index (χ4n) is 3.67. The molecule has 4 rings (SSSR count). The molecule has 1 aliphatic rings. The van der Waals surface area contributed by atoms with Crippen molar-refractivity contribution in [2.24, 2.45) is 0 Å². The van der Waals surface area contributed by atoms with Gasteiger partial charge in [-0.2, -0.15) is 0 Å². The summed E-state index contributed by atoms with van der Waals surface area (Å²) in [6, 6.07) is 12.6. The molecule has 1 fully saturated rings. The lowest BCUT2D eigenvalue weighted by molar-refractivity contribution is -0.117. The number of halogens is 1. The van der Waals surface area contributed by atoms with E-state index in [1.807, 2.05) is 5.38 Å². The van der Waals surface area contributed by atoms with Gasteiger partial charge in [-0.15, -0.1) is 11.3 Å². The van der Waals surface area contributed by atoms with Crippen LogP contribution in [0.15, 0.2) is 47.8 Å². The Labute approximate surface area is 180 Å². The third-order valence-electron chi connectivity index (χ3n) is 5.55. The van der Waals surface area contributed by atoms with Crippen LogP contribution in [0.3, 0.4) is 0 Å². The molecule has 2 aromatic carbocycles. The minimum atomic E-state index is -0.278. The van der Waals surface area contributed by atoms with Gasteiger partial charge in [0.25, 0.3) is 0 Å². The first kappa shape index (κ1) is 20.5. The number of benzene rings is 2. The maximum atomic E-state index is 13.1. The summed E-state index contributed by atoms with van der Waals surface area (Å²) in [7, 11) is 0. The fourth-order valence-corrected chi connectivity index (χ4v) is 4.41. The first-order chi connectivity index (χ1) is 14.5. The predicted octanol–water partition coefficient (Wildman–Crippen LogP) is 4.33. The molecule has 1 N–H and O–H groups in total. The van der Waals surface area contributed by atoms with E-state index in [-0.39, 0.29) is 11.7 Å². The molecule has 0 spiro atoms.